The van der Waals surface area contributed by atoms with Gasteiger partial charge in [0.2, 0.25) is 0 Å². The minimum absolute atomic E-state index is 0. The molecule has 0 spiro atoms. The number of nitrogens with zero attached hydrogens (tertiary/aromatic N) is 2. The van der Waals surface area contributed by atoms with Crippen LogP contribution in [0.2, 0.25) is 0 Å². The topological polar surface area (TPSA) is 39.3 Å². The van der Waals surface area contributed by atoms with Crippen LogP contribution >= 0.6 is 17.0 Å². The van der Waals surface area contributed by atoms with Crippen LogP contribution in [0.25, 0.3) is 0 Å². The molecule has 1 aromatic carbocycles. The van der Waals surface area contributed by atoms with Gasteiger partial charge in [-0.2, -0.15) is 0 Å². The van der Waals surface area contributed by atoms with Crippen LogP contribution in [0.1, 0.15) is 82.3 Å². The molecule has 0 N–H and O–H groups in total. The van der Waals surface area contributed by atoms with Crippen LogP contribution in [0.3, 0.4) is 0 Å². The highest BCUT2D eigenvalue weighted by molar-refractivity contribution is 8.93. The Balaban J connectivity index is 0.00000420. The molecular formula is C25H37BrN2O. The molecule has 1 aromatic heterocycles. The molecule has 0 radical (unpaired) electrons. The summed E-state index contributed by atoms with van der Waals surface area (Å²) in [5, 5.41) is 12.3. The maximum absolute atomic E-state index is 12.3. The molecule has 0 aliphatic rings. The lowest BCUT2D eigenvalue weighted by Gasteiger charge is -2.10. The van der Waals surface area contributed by atoms with E-state index in [0.29, 0.717) is 12.1 Å². The molecule has 29 heavy (non-hydrogen) atoms. The summed E-state index contributed by atoms with van der Waals surface area (Å²) in [4.78, 5) is 4.26. The Labute approximate surface area is 187 Å². The predicted octanol–water partition coefficient (Wildman–Crippen LogP) is 5.63. The Morgan fingerprint density at radius 3 is 2.10 bits per heavy atom. The van der Waals surface area contributed by atoms with Crippen LogP contribution in [-0.4, -0.2) is 12.4 Å². The van der Waals surface area contributed by atoms with Gasteiger partial charge in [-0.3, -0.25) is 0 Å². The van der Waals surface area contributed by atoms with Crippen molar-refractivity contribution in [2.75, 3.05) is 6.54 Å². The molecule has 0 amide bonds. The SMILES string of the molecule is Br.CCCCCCCCCCCCN=C([O-])c1ccc[n+](Cc2ccccc2)c1. The molecule has 0 saturated carbocycles. The first-order chi connectivity index (χ1) is 13.8. The lowest BCUT2D eigenvalue weighted by atomic mass is 10.1. The van der Waals surface area contributed by atoms with Gasteiger partial charge in [0, 0.05) is 23.7 Å². The molecule has 1 heterocycles. The van der Waals surface area contributed by atoms with E-state index < -0.39 is 0 Å². The molecule has 3 nitrogen and oxygen atoms in total. The van der Waals surface area contributed by atoms with E-state index in [-0.39, 0.29) is 22.9 Å². The molecule has 0 saturated heterocycles. The fraction of sp³-hybridized carbons (Fsp3) is 0.520. The molecule has 0 bridgehead atoms. The Hall–Kier alpha value is -1.68. The smallest absolute Gasteiger partial charge is 0.177 e. The number of aliphatic imine (C=N–C) groups is 1. The second-order valence-electron chi connectivity index (χ2n) is 7.62. The molecule has 0 unspecified atom stereocenters. The van der Waals surface area contributed by atoms with E-state index in [4.69, 9.17) is 0 Å². The van der Waals surface area contributed by atoms with Gasteiger partial charge in [-0.25, -0.2) is 4.57 Å². The van der Waals surface area contributed by atoms with Gasteiger partial charge >= 0.3 is 0 Å². The van der Waals surface area contributed by atoms with Gasteiger partial charge in [0.15, 0.2) is 18.9 Å². The van der Waals surface area contributed by atoms with Gasteiger partial charge < -0.3 is 10.1 Å². The highest BCUT2D eigenvalue weighted by atomic mass is 79.9. The summed E-state index contributed by atoms with van der Waals surface area (Å²) in [5.41, 5.74) is 1.89. The summed E-state index contributed by atoms with van der Waals surface area (Å²) in [6.07, 6.45) is 16.9. The van der Waals surface area contributed by atoms with Crippen LogP contribution in [0, 0.1) is 0 Å². The first kappa shape index (κ1) is 25.4. The van der Waals surface area contributed by atoms with Crippen molar-refractivity contribution < 1.29 is 9.67 Å². The zero-order chi connectivity index (χ0) is 19.9. The van der Waals surface area contributed by atoms with Crippen molar-refractivity contribution in [3.63, 3.8) is 0 Å². The molecule has 0 aliphatic carbocycles. The first-order valence-corrected chi connectivity index (χ1v) is 11.0. The number of rotatable bonds is 14. The average molecular weight is 461 g/mol. The summed E-state index contributed by atoms with van der Waals surface area (Å²) in [5.74, 6) is -0.0988. The predicted molar refractivity (Wildman–Crippen MR) is 126 cm³/mol. The summed E-state index contributed by atoms with van der Waals surface area (Å²) >= 11 is 0. The van der Waals surface area contributed by atoms with E-state index in [9.17, 15) is 5.11 Å². The van der Waals surface area contributed by atoms with Gasteiger partial charge in [0.1, 0.15) is 0 Å². The van der Waals surface area contributed by atoms with Crippen LogP contribution in [0.5, 0.6) is 0 Å². The number of hydrogen-bond donors (Lipinski definition) is 0. The number of pyridine rings is 1. The van der Waals surface area contributed by atoms with Crippen molar-refractivity contribution in [2.24, 2.45) is 4.99 Å². The van der Waals surface area contributed by atoms with Crippen molar-refractivity contribution >= 4 is 22.9 Å². The summed E-state index contributed by atoms with van der Waals surface area (Å²) in [6.45, 7) is 3.67. The van der Waals surface area contributed by atoms with E-state index >= 15 is 0 Å². The highest BCUT2D eigenvalue weighted by Crippen LogP contribution is 2.10. The molecule has 0 aliphatic heterocycles. The zero-order valence-electron chi connectivity index (χ0n) is 17.9. The standard InChI is InChI=1S/C25H36N2O.BrH/c1-2-3-4-5-6-7-8-9-10-14-19-26-25(28)24-18-15-20-27(22-24)21-23-16-12-11-13-17-23;/h11-13,15-18,20,22H,2-10,14,19,21H2,1H3;1H. The lowest BCUT2D eigenvalue weighted by Crippen LogP contribution is -2.35. The second-order valence-corrected chi connectivity index (χ2v) is 7.62. The van der Waals surface area contributed by atoms with Gasteiger partial charge in [0.05, 0.1) is 0 Å². The Morgan fingerprint density at radius 2 is 1.45 bits per heavy atom. The average Bonchev–Trinajstić information content (AvgIpc) is 2.73. The van der Waals surface area contributed by atoms with Gasteiger partial charge in [-0.05, 0) is 18.4 Å². The van der Waals surface area contributed by atoms with Gasteiger partial charge in [-0.1, -0.05) is 95.0 Å². The third-order valence-corrected chi connectivity index (χ3v) is 5.08. The summed E-state index contributed by atoms with van der Waals surface area (Å²) in [7, 11) is 0. The maximum Gasteiger partial charge on any atom is 0.177 e. The number of unbranched alkanes of at least 4 members (excludes halogenated alkanes) is 9. The summed E-state index contributed by atoms with van der Waals surface area (Å²) < 4.78 is 2.04. The quantitative estimate of drug-likeness (QED) is 0.156. The van der Waals surface area contributed by atoms with E-state index in [2.05, 4.69) is 24.0 Å². The summed E-state index contributed by atoms with van der Waals surface area (Å²) in [6, 6.07) is 14.0. The number of hydrogen-bond acceptors (Lipinski definition) is 2. The number of halogens is 1. The van der Waals surface area contributed by atoms with Crippen LogP contribution < -0.4 is 9.67 Å². The number of benzene rings is 1. The monoisotopic (exact) mass is 460 g/mol. The highest BCUT2D eigenvalue weighted by Gasteiger charge is 2.04. The molecular weight excluding hydrogens is 424 g/mol. The number of aromatic nitrogens is 1. The van der Waals surface area contributed by atoms with Crippen LogP contribution in [0.4, 0.5) is 0 Å². The molecule has 160 valence electrons. The minimum atomic E-state index is -0.0988. The van der Waals surface area contributed by atoms with E-state index in [1.165, 1.54) is 63.4 Å². The van der Waals surface area contributed by atoms with E-state index in [1.807, 2.05) is 47.3 Å². The third kappa shape index (κ3) is 11.2. The lowest BCUT2D eigenvalue weighted by molar-refractivity contribution is -0.688. The molecule has 0 fully saturated rings. The Kier molecular flexibility index (Phi) is 14.1. The van der Waals surface area contributed by atoms with E-state index in [0.717, 1.165) is 13.0 Å². The van der Waals surface area contributed by atoms with Crippen LogP contribution in [0.15, 0.2) is 59.9 Å². The molecule has 2 aromatic rings. The molecule has 0 atom stereocenters. The Bertz CT molecular complexity index is 688. The van der Waals surface area contributed by atoms with Crippen molar-refractivity contribution in [3.05, 3.63) is 66.0 Å². The normalized spacial score (nSPS) is 11.3. The van der Waals surface area contributed by atoms with E-state index in [1.54, 1.807) is 0 Å². The van der Waals surface area contributed by atoms with Gasteiger partial charge in [0.25, 0.3) is 0 Å². The van der Waals surface area contributed by atoms with Crippen molar-refractivity contribution in [3.8, 4) is 0 Å². The maximum atomic E-state index is 12.3. The molecule has 4 heteroatoms. The van der Waals surface area contributed by atoms with Crippen molar-refractivity contribution in [1.29, 1.82) is 0 Å². The third-order valence-electron chi connectivity index (χ3n) is 5.08. The second kappa shape index (κ2) is 16.2. The zero-order valence-corrected chi connectivity index (χ0v) is 19.6. The largest absolute Gasteiger partial charge is 0.858 e. The van der Waals surface area contributed by atoms with Crippen LogP contribution in [-0.2, 0) is 6.54 Å². The fourth-order valence-corrected chi connectivity index (χ4v) is 3.41. The minimum Gasteiger partial charge on any atom is -0.858 e. The Morgan fingerprint density at radius 1 is 0.828 bits per heavy atom. The first-order valence-electron chi connectivity index (χ1n) is 11.0. The fourth-order valence-electron chi connectivity index (χ4n) is 3.41. The molecule has 2 rings (SSSR count). The van der Waals surface area contributed by atoms with Gasteiger partial charge in [-0.15, -0.1) is 17.0 Å². The van der Waals surface area contributed by atoms with Crippen molar-refractivity contribution in [1.82, 2.24) is 0 Å². The van der Waals surface area contributed by atoms with Crippen molar-refractivity contribution in [2.45, 2.75) is 77.7 Å².